The molecule has 2 aromatic carbocycles. The molecule has 22 heavy (non-hydrogen) atoms. The number of fused-ring (bicyclic) bond motifs is 1. The fourth-order valence-corrected chi connectivity index (χ4v) is 2.52. The first kappa shape index (κ1) is 15.8. The van der Waals surface area contributed by atoms with Crippen molar-refractivity contribution in [3.05, 3.63) is 60.7 Å². The Morgan fingerprint density at radius 1 is 1.00 bits per heavy atom. The molecule has 0 heterocycles. The van der Waals surface area contributed by atoms with Crippen LogP contribution in [-0.4, -0.2) is 26.2 Å². The molecule has 0 radical (unpaired) electrons. The second-order valence-electron chi connectivity index (χ2n) is 4.89. The minimum atomic E-state index is -1.06. The second-order valence-corrected chi connectivity index (χ2v) is 4.89. The van der Waals surface area contributed by atoms with Crippen molar-refractivity contribution >= 4 is 22.7 Å². The fourth-order valence-electron chi connectivity index (χ4n) is 2.52. The lowest BCUT2D eigenvalue weighted by Crippen LogP contribution is -2.31. The molecule has 0 aromatic heterocycles. The van der Waals surface area contributed by atoms with Crippen LogP contribution in [0.5, 0.6) is 0 Å². The molecule has 0 fully saturated rings. The van der Waals surface area contributed by atoms with E-state index < -0.39 is 23.8 Å². The van der Waals surface area contributed by atoms with E-state index in [9.17, 15) is 9.59 Å². The summed E-state index contributed by atoms with van der Waals surface area (Å²) in [6, 6.07) is 13.6. The van der Waals surface area contributed by atoms with Crippen molar-refractivity contribution < 1.29 is 19.1 Å². The third-order valence-electron chi connectivity index (χ3n) is 3.68. The van der Waals surface area contributed by atoms with Gasteiger partial charge in [-0.2, -0.15) is 0 Å². The van der Waals surface area contributed by atoms with E-state index in [-0.39, 0.29) is 0 Å². The molecule has 114 valence electrons. The van der Waals surface area contributed by atoms with Crippen LogP contribution >= 0.6 is 0 Å². The highest BCUT2D eigenvalue weighted by Gasteiger charge is 2.36. The first-order valence-electron chi connectivity index (χ1n) is 6.89. The number of benzene rings is 2. The van der Waals surface area contributed by atoms with Gasteiger partial charge in [-0.3, -0.25) is 9.59 Å². The van der Waals surface area contributed by atoms with Crippen molar-refractivity contribution in [1.82, 2.24) is 0 Å². The van der Waals surface area contributed by atoms with E-state index in [0.29, 0.717) is 0 Å². The van der Waals surface area contributed by atoms with Gasteiger partial charge in [0.15, 0.2) is 5.92 Å². The molecular weight excluding hydrogens is 280 g/mol. The average molecular weight is 298 g/mol. The molecule has 0 bridgehead atoms. The van der Waals surface area contributed by atoms with Crippen LogP contribution in [0.1, 0.15) is 11.5 Å². The zero-order valence-electron chi connectivity index (χ0n) is 12.6. The van der Waals surface area contributed by atoms with Gasteiger partial charge in [-0.25, -0.2) is 0 Å². The molecule has 4 heteroatoms. The Morgan fingerprint density at radius 2 is 1.59 bits per heavy atom. The molecule has 0 saturated heterocycles. The summed E-state index contributed by atoms with van der Waals surface area (Å²) in [6.07, 6.45) is 1.57. The summed E-state index contributed by atoms with van der Waals surface area (Å²) < 4.78 is 9.48. The Morgan fingerprint density at radius 3 is 2.14 bits per heavy atom. The third-order valence-corrected chi connectivity index (χ3v) is 3.68. The molecule has 0 spiro atoms. The van der Waals surface area contributed by atoms with Crippen LogP contribution in [0.15, 0.2) is 55.1 Å². The Labute approximate surface area is 129 Å². The van der Waals surface area contributed by atoms with Gasteiger partial charge in [-0.1, -0.05) is 48.5 Å². The van der Waals surface area contributed by atoms with Gasteiger partial charge in [-0.15, -0.1) is 6.58 Å². The number of carbonyl (C=O) groups excluding carboxylic acids is 2. The number of ether oxygens (including phenoxy) is 2. The summed E-state index contributed by atoms with van der Waals surface area (Å²) in [7, 11) is 2.50. The van der Waals surface area contributed by atoms with Crippen LogP contribution in [0.4, 0.5) is 0 Å². The van der Waals surface area contributed by atoms with E-state index in [1.807, 2.05) is 42.5 Å². The molecule has 2 aromatic rings. The van der Waals surface area contributed by atoms with Crippen molar-refractivity contribution in [1.29, 1.82) is 0 Å². The molecule has 2 rings (SSSR count). The molecule has 0 amide bonds. The summed E-state index contributed by atoms with van der Waals surface area (Å²) in [5.41, 5.74) is 0.814. The molecule has 0 saturated carbocycles. The number of rotatable bonds is 5. The maximum absolute atomic E-state index is 12.0. The zero-order valence-corrected chi connectivity index (χ0v) is 12.6. The second kappa shape index (κ2) is 6.89. The lowest BCUT2D eigenvalue weighted by molar-refractivity contribution is -0.159. The molecule has 0 aliphatic heterocycles. The Bertz CT molecular complexity index is 689. The molecule has 0 N–H and O–H groups in total. The highest BCUT2D eigenvalue weighted by Crippen LogP contribution is 2.30. The van der Waals surface area contributed by atoms with Gasteiger partial charge in [0.1, 0.15) is 0 Å². The minimum absolute atomic E-state index is 0.510. The minimum Gasteiger partial charge on any atom is -0.468 e. The Kier molecular flexibility index (Phi) is 4.94. The quantitative estimate of drug-likeness (QED) is 0.483. The predicted octanol–water partition coefficient (Wildman–Crippen LogP) is 3.07. The number of hydrogen-bond acceptors (Lipinski definition) is 4. The van der Waals surface area contributed by atoms with E-state index in [4.69, 9.17) is 9.47 Å². The SMILES string of the molecule is C=C[C@H](c1ccc2ccccc2c1)C(C(=O)OC)C(=O)OC. The van der Waals surface area contributed by atoms with Crippen LogP contribution in [-0.2, 0) is 19.1 Å². The lowest BCUT2D eigenvalue weighted by Gasteiger charge is -2.21. The molecule has 0 aliphatic rings. The topological polar surface area (TPSA) is 52.6 Å². The van der Waals surface area contributed by atoms with Crippen LogP contribution in [0.25, 0.3) is 10.8 Å². The van der Waals surface area contributed by atoms with Gasteiger partial charge >= 0.3 is 11.9 Å². The van der Waals surface area contributed by atoms with Crippen molar-refractivity contribution in [3.63, 3.8) is 0 Å². The van der Waals surface area contributed by atoms with Gasteiger partial charge in [0.05, 0.1) is 14.2 Å². The van der Waals surface area contributed by atoms with Gasteiger partial charge in [0.2, 0.25) is 0 Å². The van der Waals surface area contributed by atoms with Crippen molar-refractivity contribution in [2.24, 2.45) is 5.92 Å². The number of hydrogen-bond donors (Lipinski definition) is 0. The van der Waals surface area contributed by atoms with Crippen LogP contribution < -0.4 is 0 Å². The van der Waals surface area contributed by atoms with Crippen LogP contribution in [0.2, 0.25) is 0 Å². The standard InChI is InChI=1S/C18H18O4/c1-4-15(16(17(19)21-2)18(20)22-3)14-10-9-12-7-5-6-8-13(12)11-14/h4-11,15-16H,1H2,2-3H3/t15-/m1/s1. The maximum atomic E-state index is 12.0. The van der Waals surface area contributed by atoms with E-state index in [1.54, 1.807) is 6.08 Å². The summed E-state index contributed by atoms with van der Waals surface area (Å²) in [5, 5.41) is 2.11. The molecule has 0 aliphatic carbocycles. The summed E-state index contributed by atoms with van der Waals surface area (Å²) in [6.45, 7) is 3.76. The third kappa shape index (κ3) is 3.01. The highest BCUT2D eigenvalue weighted by molar-refractivity contribution is 5.96. The normalized spacial score (nSPS) is 12.0. The summed E-state index contributed by atoms with van der Waals surface area (Å²) >= 11 is 0. The van der Waals surface area contributed by atoms with Gasteiger partial charge < -0.3 is 9.47 Å². The van der Waals surface area contributed by atoms with E-state index >= 15 is 0 Å². The Hall–Kier alpha value is -2.62. The highest BCUT2D eigenvalue weighted by atomic mass is 16.5. The molecule has 4 nitrogen and oxygen atoms in total. The number of esters is 2. The smallest absolute Gasteiger partial charge is 0.321 e. The largest absolute Gasteiger partial charge is 0.468 e. The van der Waals surface area contributed by atoms with E-state index in [1.165, 1.54) is 14.2 Å². The summed E-state index contributed by atoms with van der Waals surface area (Å²) in [5.74, 6) is -2.84. The van der Waals surface area contributed by atoms with Crippen molar-refractivity contribution in [3.8, 4) is 0 Å². The van der Waals surface area contributed by atoms with E-state index in [2.05, 4.69) is 6.58 Å². The fraction of sp³-hybridized carbons (Fsp3) is 0.222. The first-order valence-corrected chi connectivity index (χ1v) is 6.89. The van der Waals surface area contributed by atoms with Gasteiger partial charge in [-0.05, 0) is 16.3 Å². The van der Waals surface area contributed by atoms with Crippen molar-refractivity contribution in [2.75, 3.05) is 14.2 Å². The Balaban J connectivity index is 2.48. The predicted molar refractivity (Wildman–Crippen MR) is 84.4 cm³/mol. The van der Waals surface area contributed by atoms with Gasteiger partial charge in [0.25, 0.3) is 0 Å². The van der Waals surface area contributed by atoms with E-state index in [0.717, 1.165) is 16.3 Å². The van der Waals surface area contributed by atoms with Crippen LogP contribution in [0.3, 0.4) is 0 Å². The monoisotopic (exact) mass is 298 g/mol. The molecule has 1 atom stereocenters. The van der Waals surface area contributed by atoms with Gasteiger partial charge in [0, 0.05) is 5.92 Å². The average Bonchev–Trinajstić information content (AvgIpc) is 2.57. The zero-order chi connectivity index (χ0) is 16.1. The number of methoxy groups -OCH3 is 2. The molecule has 0 unspecified atom stereocenters. The summed E-state index contributed by atoms with van der Waals surface area (Å²) in [4.78, 5) is 24.0. The maximum Gasteiger partial charge on any atom is 0.321 e. The number of allylic oxidation sites excluding steroid dienone is 1. The first-order chi connectivity index (χ1) is 10.6. The lowest BCUT2D eigenvalue weighted by atomic mass is 9.85. The number of carbonyl (C=O) groups is 2. The molecular formula is C18H18O4. The van der Waals surface area contributed by atoms with Crippen LogP contribution in [0, 0.1) is 5.92 Å². The van der Waals surface area contributed by atoms with Crippen molar-refractivity contribution in [2.45, 2.75) is 5.92 Å².